The maximum atomic E-state index is 13.3. The molecular formula is C22H21N3O4. The maximum absolute atomic E-state index is 13.3. The Balaban J connectivity index is 1.58. The molecular weight excluding hydrogens is 370 g/mol. The van der Waals surface area contributed by atoms with Crippen LogP contribution in [-0.2, 0) is 4.74 Å². The van der Waals surface area contributed by atoms with Gasteiger partial charge in [-0.15, -0.1) is 0 Å². The van der Waals surface area contributed by atoms with Crippen molar-refractivity contribution in [1.82, 2.24) is 14.8 Å². The second-order valence-electron chi connectivity index (χ2n) is 7.31. The number of amides is 1. The summed E-state index contributed by atoms with van der Waals surface area (Å²) in [6.07, 6.45) is 3.36. The van der Waals surface area contributed by atoms with E-state index in [4.69, 9.17) is 9.15 Å². The first-order chi connectivity index (χ1) is 14.2. The van der Waals surface area contributed by atoms with Crippen molar-refractivity contribution in [2.45, 2.75) is 6.04 Å². The van der Waals surface area contributed by atoms with Gasteiger partial charge in [0.05, 0.1) is 30.2 Å². The van der Waals surface area contributed by atoms with E-state index in [2.05, 4.69) is 9.88 Å². The first-order valence-corrected chi connectivity index (χ1v) is 9.81. The lowest BCUT2D eigenvalue weighted by Gasteiger charge is -2.31. The van der Waals surface area contributed by atoms with E-state index >= 15 is 0 Å². The monoisotopic (exact) mass is 391 g/mol. The van der Waals surface area contributed by atoms with Crippen molar-refractivity contribution in [3.8, 4) is 0 Å². The molecule has 29 heavy (non-hydrogen) atoms. The number of para-hydroxylation sites is 1. The summed E-state index contributed by atoms with van der Waals surface area (Å²) in [4.78, 5) is 34.7. The van der Waals surface area contributed by atoms with Crippen molar-refractivity contribution in [2.75, 3.05) is 39.4 Å². The summed E-state index contributed by atoms with van der Waals surface area (Å²) in [6, 6.07) is 10.3. The van der Waals surface area contributed by atoms with E-state index in [9.17, 15) is 9.59 Å². The zero-order valence-corrected chi connectivity index (χ0v) is 15.9. The first-order valence-electron chi connectivity index (χ1n) is 9.81. The Labute approximate surface area is 167 Å². The van der Waals surface area contributed by atoms with Crippen molar-refractivity contribution >= 4 is 16.9 Å². The van der Waals surface area contributed by atoms with Crippen LogP contribution in [0.15, 0.2) is 58.0 Å². The Morgan fingerprint density at radius 1 is 1.00 bits per heavy atom. The quantitative estimate of drug-likeness (QED) is 0.678. The number of nitrogens with zero attached hydrogens (tertiary/aromatic N) is 3. The highest BCUT2D eigenvalue weighted by molar-refractivity contribution is 5.99. The molecule has 4 heterocycles. The molecule has 1 unspecified atom stereocenters. The number of hydrogen-bond donors (Lipinski definition) is 0. The number of morpholine rings is 1. The molecule has 0 aliphatic carbocycles. The molecule has 1 aromatic carbocycles. The molecule has 0 N–H and O–H groups in total. The first kappa shape index (κ1) is 18.0. The van der Waals surface area contributed by atoms with Crippen LogP contribution in [0.5, 0.6) is 0 Å². The summed E-state index contributed by atoms with van der Waals surface area (Å²) in [5, 5.41) is 0.494. The standard InChI is InChI=1S/C22H21N3O4/c26-20-16-3-1-2-4-17(16)29-21-18(20)19(15-5-7-23-8-6-15)25(22(21)27)10-9-24-11-13-28-14-12-24/h1-8,19H,9-14H2. The number of ether oxygens (including phenoxy) is 1. The molecule has 7 heteroatoms. The van der Waals surface area contributed by atoms with Gasteiger partial charge in [0.2, 0.25) is 5.76 Å². The van der Waals surface area contributed by atoms with Crippen LogP contribution >= 0.6 is 0 Å². The summed E-state index contributed by atoms with van der Waals surface area (Å²) in [7, 11) is 0. The van der Waals surface area contributed by atoms with Gasteiger partial charge in [0, 0.05) is 38.6 Å². The number of carbonyl (C=O) groups is 1. The lowest BCUT2D eigenvalue weighted by molar-refractivity contribution is 0.0314. The van der Waals surface area contributed by atoms with E-state index in [1.165, 1.54) is 0 Å². The van der Waals surface area contributed by atoms with Gasteiger partial charge in [-0.2, -0.15) is 0 Å². The summed E-state index contributed by atoms with van der Waals surface area (Å²) in [5.41, 5.74) is 1.57. The van der Waals surface area contributed by atoms with Crippen molar-refractivity contribution < 1.29 is 13.9 Å². The van der Waals surface area contributed by atoms with Crippen molar-refractivity contribution in [1.29, 1.82) is 0 Å². The molecule has 0 bridgehead atoms. The number of benzene rings is 1. The van der Waals surface area contributed by atoms with E-state index in [1.807, 2.05) is 12.1 Å². The Kier molecular flexibility index (Phi) is 4.61. The average Bonchev–Trinajstić information content (AvgIpc) is 3.06. The molecule has 0 spiro atoms. The Morgan fingerprint density at radius 2 is 1.76 bits per heavy atom. The molecule has 2 aromatic heterocycles. The molecule has 0 saturated carbocycles. The van der Waals surface area contributed by atoms with Gasteiger partial charge in [0.25, 0.3) is 5.91 Å². The minimum Gasteiger partial charge on any atom is -0.450 e. The van der Waals surface area contributed by atoms with Gasteiger partial charge >= 0.3 is 0 Å². The summed E-state index contributed by atoms with van der Waals surface area (Å²) in [6.45, 7) is 4.32. The molecule has 0 radical (unpaired) electrons. The maximum Gasteiger partial charge on any atom is 0.290 e. The van der Waals surface area contributed by atoms with Crippen molar-refractivity contribution in [3.05, 3.63) is 75.9 Å². The number of carbonyl (C=O) groups excluding carboxylic acids is 1. The largest absolute Gasteiger partial charge is 0.450 e. The van der Waals surface area contributed by atoms with Crippen LogP contribution in [0.25, 0.3) is 11.0 Å². The lowest BCUT2D eigenvalue weighted by Crippen LogP contribution is -2.42. The van der Waals surface area contributed by atoms with Crippen molar-refractivity contribution in [3.63, 3.8) is 0 Å². The molecule has 1 fully saturated rings. The molecule has 1 amide bonds. The second kappa shape index (κ2) is 7.42. The Hall–Kier alpha value is -3.03. The van der Waals surface area contributed by atoms with E-state index in [1.54, 1.807) is 41.6 Å². The minimum absolute atomic E-state index is 0.147. The fraction of sp³-hybridized carbons (Fsp3) is 0.318. The Bertz CT molecular complexity index is 1110. The van der Waals surface area contributed by atoms with Crippen LogP contribution in [0.2, 0.25) is 0 Å². The highest BCUT2D eigenvalue weighted by Gasteiger charge is 2.42. The molecule has 5 rings (SSSR count). The predicted molar refractivity (Wildman–Crippen MR) is 107 cm³/mol. The van der Waals surface area contributed by atoms with E-state index in [0.29, 0.717) is 36.3 Å². The molecule has 2 aliphatic heterocycles. The van der Waals surface area contributed by atoms with Gasteiger partial charge in [-0.3, -0.25) is 19.5 Å². The van der Waals surface area contributed by atoms with Gasteiger partial charge in [-0.1, -0.05) is 12.1 Å². The van der Waals surface area contributed by atoms with Gasteiger partial charge in [0.1, 0.15) is 5.58 Å². The fourth-order valence-corrected chi connectivity index (χ4v) is 4.16. The number of pyridine rings is 1. The van der Waals surface area contributed by atoms with Gasteiger partial charge in [0.15, 0.2) is 5.43 Å². The van der Waals surface area contributed by atoms with Crippen LogP contribution in [-0.4, -0.2) is 60.1 Å². The minimum atomic E-state index is -0.470. The summed E-state index contributed by atoms with van der Waals surface area (Å²) in [5.74, 6) is -0.0876. The van der Waals surface area contributed by atoms with E-state index < -0.39 is 6.04 Å². The molecule has 148 valence electrons. The highest BCUT2D eigenvalue weighted by Crippen LogP contribution is 2.37. The fourth-order valence-electron chi connectivity index (χ4n) is 4.16. The normalized spacial score (nSPS) is 19.7. The van der Waals surface area contributed by atoms with E-state index in [-0.39, 0.29) is 17.1 Å². The molecule has 7 nitrogen and oxygen atoms in total. The number of aromatic nitrogens is 1. The topological polar surface area (TPSA) is 75.9 Å². The van der Waals surface area contributed by atoms with Crippen LogP contribution in [0.3, 0.4) is 0 Å². The molecule has 2 aliphatic rings. The zero-order chi connectivity index (χ0) is 19.8. The second-order valence-corrected chi connectivity index (χ2v) is 7.31. The van der Waals surface area contributed by atoms with Crippen LogP contribution in [0.1, 0.15) is 27.7 Å². The third kappa shape index (κ3) is 3.12. The lowest BCUT2D eigenvalue weighted by atomic mass is 9.99. The number of hydrogen-bond acceptors (Lipinski definition) is 6. The number of fused-ring (bicyclic) bond motifs is 2. The van der Waals surface area contributed by atoms with Crippen LogP contribution < -0.4 is 5.43 Å². The van der Waals surface area contributed by atoms with Gasteiger partial charge in [-0.25, -0.2) is 0 Å². The van der Waals surface area contributed by atoms with Crippen LogP contribution in [0.4, 0.5) is 0 Å². The third-order valence-electron chi connectivity index (χ3n) is 5.66. The molecule has 1 saturated heterocycles. The molecule has 3 aromatic rings. The predicted octanol–water partition coefficient (Wildman–Crippen LogP) is 2.07. The smallest absolute Gasteiger partial charge is 0.290 e. The molecule has 1 atom stereocenters. The van der Waals surface area contributed by atoms with Crippen LogP contribution in [0, 0.1) is 0 Å². The number of rotatable bonds is 4. The third-order valence-corrected chi connectivity index (χ3v) is 5.66. The van der Waals surface area contributed by atoms with Gasteiger partial charge in [-0.05, 0) is 29.8 Å². The SMILES string of the molecule is O=C1c2oc3ccccc3c(=O)c2C(c2ccncc2)N1CCN1CCOCC1. The average molecular weight is 391 g/mol. The summed E-state index contributed by atoms with van der Waals surface area (Å²) >= 11 is 0. The van der Waals surface area contributed by atoms with Crippen molar-refractivity contribution in [2.24, 2.45) is 0 Å². The summed E-state index contributed by atoms with van der Waals surface area (Å²) < 4.78 is 11.3. The van der Waals surface area contributed by atoms with Gasteiger partial charge < -0.3 is 14.1 Å². The van der Waals surface area contributed by atoms with E-state index in [0.717, 1.165) is 25.2 Å². The highest BCUT2D eigenvalue weighted by atomic mass is 16.5. The Morgan fingerprint density at radius 3 is 2.55 bits per heavy atom. The zero-order valence-electron chi connectivity index (χ0n) is 15.9.